The summed E-state index contributed by atoms with van der Waals surface area (Å²) in [6.07, 6.45) is 5.96. The van der Waals surface area contributed by atoms with E-state index in [4.69, 9.17) is 4.74 Å². The molecule has 0 aromatic carbocycles. The number of esters is 1. The first kappa shape index (κ1) is 18.4. The first-order valence-electron chi connectivity index (χ1n) is 8.60. The Labute approximate surface area is 152 Å². The molecule has 0 saturated carbocycles. The van der Waals surface area contributed by atoms with Crippen LogP contribution >= 0.6 is 11.3 Å². The number of amides is 1. The summed E-state index contributed by atoms with van der Waals surface area (Å²) >= 11 is 1.46. The normalized spacial score (nSPS) is 22.0. The Kier molecular flexibility index (Phi) is 5.48. The number of likely N-dealkylation sites (N-methyl/N-ethyl adjacent to an activating group) is 1. The van der Waals surface area contributed by atoms with Crippen molar-refractivity contribution in [2.24, 2.45) is 0 Å². The van der Waals surface area contributed by atoms with Gasteiger partial charge in [-0.15, -0.1) is 11.3 Å². The lowest BCUT2D eigenvalue weighted by molar-refractivity contribution is -0.134. The van der Waals surface area contributed by atoms with Crippen molar-refractivity contribution in [3.63, 3.8) is 0 Å². The summed E-state index contributed by atoms with van der Waals surface area (Å²) in [5, 5.41) is 0. The minimum Gasteiger partial charge on any atom is -0.451 e. The minimum absolute atomic E-state index is 0.0131. The van der Waals surface area contributed by atoms with E-state index in [-0.39, 0.29) is 30.1 Å². The Morgan fingerprint density at radius 3 is 2.76 bits per heavy atom. The zero-order chi connectivity index (χ0) is 18.0. The Morgan fingerprint density at radius 1 is 1.28 bits per heavy atom. The zero-order valence-electron chi connectivity index (χ0n) is 14.3. The molecule has 3 rings (SSSR count). The lowest BCUT2D eigenvalue weighted by Crippen LogP contribution is -2.40. The summed E-state index contributed by atoms with van der Waals surface area (Å²) in [6.45, 7) is -0.353. The molecule has 6 nitrogen and oxygen atoms in total. The molecule has 1 atom stereocenters. The Balaban J connectivity index is 1.54. The molecule has 25 heavy (non-hydrogen) atoms. The molecule has 1 aromatic rings. The summed E-state index contributed by atoms with van der Waals surface area (Å²) in [5.74, 6) is -0.746. The quantitative estimate of drug-likeness (QED) is 0.583. The summed E-state index contributed by atoms with van der Waals surface area (Å²) < 4.78 is 28.2. The van der Waals surface area contributed by atoms with Crippen LogP contribution in [0.5, 0.6) is 0 Å². The van der Waals surface area contributed by atoms with Gasteiger partial charge in [0.15, 0.2) is 16.4 Å². The molecule has 1 aliphatic heterocycles. The second-order valence-corrected chi connectivity index (χ2v) is 10.1. The first-order chi connectivity index (χ1) is 11.9. The average Bonchev–Trinajstić information content (AvgIpc) is 3.08. The second-order valence-electron chi connectivity index (χ2n) is 6.76. The van der Waals surface area contributed by atoms with Crippen LogP contribution in [0.15, 0.2) is 6.07 Å². The molecule has 8 heteroatoms. The largest absolute Gasteiger partial charge is 0.451 e. The number of aryl methyl sites for hydroxylation is 2. The van der Waals surface area contributed by atoms with Crippen molar-refractivity contribution in [1.29, 1.82) is 0 Å². The maximum absolute atomic E-state index is 12.2. The Morgan fingerprint density at radius 2 is 2.04 bits per heavy atom. The van der Waals surface area contributed by atoms with E-state index in [1.54, 1.807) is 7.05 Å². The fourth-order valence-electron chi connectivity index (χ4n) is 3.35. The lowest BCUT2D eigenvalue weighted by Gasteiger charge is -2.23. The molecule has 0 unspecified atom stereocenters. The molecule has 0 N–H and O–H groups in total. The van der Waals surface area contributed by atoms with Crippen LogP contribution in [0.3, 0.4) is 0 Å². The number of carbonyl (C=O) groups is 2. The van der Waals surface area contributed by atoms with Gasteiger partial charge in [-0.2, -0.15) is 0 Å². The monoisotopic (exact) mass is 385 g/mol. The number of fused-ring (bicyclic) bond motifs is 1. The molecule has 1 saturated heterocycles. The number of sulfone groups is 1. The van der Waals surface area contributed by atoms with E-state index in [2.05, 4.69) is 0 Å². The summed E-state index contributed by atoms with van der Waals surface area (Å²) in [5.41, 5.74) is 1.23. The molecule has 1 amide bonds. The topological polar surface area (TPSA) is 80.8 Å². The van der Waals surface area contributed by atoms with Gasteiger partial charge in [-0.3, -0.25) is 4.79 Å². The van der Waals surface area contributed by atoms with Gasteiger partial charge in [-0.1, -0.05) is 6.42 Å². The molecule has 2 heterocycles. The fourth-order valence-corrected chi connectivity index (χ4v) is 6.27. The van der Waals surface area contributed by atoms with E-state index < -0.39 is 15.8 Å². The third-order valence-corrected chi connectivity index (χ3v) is 7.89. The van der Waals surface area contributed by atoms with Gasteiger partial charge in [-0.25, -0.2) is 13.2 Å². The van der Waals surface area contributed by atoms with Gasteiger partial charge in [0.25, 0.3) is 5.91 Å². The van der Waals surface area contributed by atoms with Crippen molar-refractivity contribution in [2.75, 3.05) is 25.2 Å². The summed E-state index contributed by atoms with van der Waals surface area (Å²) in [6, 6.07) is 1.57. The summed E-state index contributed by atoms with van der Waals surface area (Å²) in [4.78, 5) is 27.6. The van der Waals surface area contributed by atoms with Crippen LogP contribution in [0.4, 0.5) is 0 Å². The van der Waals surface area contributed by atoms with Crippen molar-refractivity contribution in [3.8, 4) is 0 Å². The average molecular weight is 386 g/mol. The smallest absolute Gasteiger partial charge is 0.348 e. The SMILES string of the molecule is CN(C(=O)COC(=O)c1cc2c(s1)CCCCC2)[C@@H]1CCS(=O)(=O)C1. The maximum Gasteiger partial charge on any atom is 0.348 e. The molecule has 2 aliphatic rings. The molecule has 1 aromatic heterocycles. The van der Waals surface area contributed by atoms with Gasteiger partial charge in [0.2, 0.25) is 0 Å². The van der Waals surface area contributed by atoms with E-state index in [0.29, 0.717) is 11.3 Å². The number of rotatable bonds is 4. The predicted molar refractivity (Wildman–Crippen MR) is 95.7 cm³/mol. The number of ether oxygens (including phenoxy) is 1. The van der Waals surface area contributed by atoms with Crippen LogP contribution < -0.4 is 0 Å². The van der Waals surface area contributed by atoms with Gasteiger partial charge in [-0.05, 0) is 43.7 Å². The summed E-state index contributed by atoms with van der Waals surface area (Å²) in [7, 11) is -1.49. The number of nitrogens with zero attached hydrogens (tertiary/aromatic N) is 1. The van der Waals surface area contributed by atoms with E-state index in [0.717, 1.165) is 25.7 Å². The number of hydrogen-bond acceptors (Lipinski definition) is 6. The third kappa shape index (κ3) is 4.41. The fraction of sp³-hybridized carbons (Fsp3) is 0.647. The van der Waals surface area contributed by atoms with Crippen molar-refractivity contribution in [2.45, 2.75) is 44.6 Å². The molecule has 0 bridgehead atoms. The van der Waals surface area contributed by atoms with Crippen LogP contribution in [0.1, 0.15) is 45.8 Å². The third-order valence-electron chi connectivity index (χ3n) is 4.92. The highest BCUT2D eigenvalue weighted by molar-refractivity contribution is 7.91. The predicted octanol–water partition coefficient (Wildman–Crippen LogP) is 1.82. The van der Waals surface area contributed by atoms with E-state index in [1.807, 2.05) is 6.07 Å². The standard InChI is InChI=1S/C17H23NO5S2/c1-18(13-7-8-25(21,22)11-13)16(19)10-23-17(20)15-9-12-5-3-2-4-6-14(12)24-15/h9,13H,2-8,10-11H2,1H3/t13-/m1/s1. The zero-order valence-corrected chi connectivity index (χ0v) is 16.0. The van der Waals surface area contributed by atoms with E-state index in [1.165, 1.54) is 33.1 Å². The van der Waals surface area contributed by atoms with Crippen molar-refractivity contribution in [1.82, 2.24) is 4.90 Å². The van der Waals surface area contributed by atoms with E-state index in [9.17, 15) is 18.0 Å². The van der Waals surface area contributed by atoms with Gasteiger partial charge >= 0.3 is 5.97 Å². The van der Waals surface area contributed by atoms with Gasteiger partial charge < -0.3 is 9.64 Å². The number of thiophene rings is 1. The van der Waals surface area contributed by atoms with Crippen molar-refractivity contribution < 1.29 is 22.7 Å². The molecular formula is C17H23NO5S2. The van der Waals surface area contributed by atoms with Crippen LogP contribution in [-0.2, 0) is 32.2 Å². The Hall–Kier alpha value is -1.41. The highest BCUT2D eigenvalue weighted by atomic mass is 32.2. The first-order valence-corrected chi connectivity index (χ1v) is 11.2. The molecule has 1 fully saturated rings. The highest BCUT2D eigenvalue weighted by Gasteiger charge is 2.33. The van der Waals surface area contributed by atoms with Gasteiger partial charge in [0, 0.05) is 18.0 Å². The minimum atomic E-state index is -3.05. The maximum atomic E-state index is 12.2. The molecule has 0 radical (unpaired) electrons. The van der Waals surface area contributed by atoms with Crippen LogP contribution in [-0.4, -0.2) is 56.4 Å². The number of carbonyl (C=O) groups excluding carboxylic acids is 2. The van der Waals surface area contributed by atoms with Gasteiger partial charge in [0.05, 0.1) is 11.5 Å². The molecule has 138 valence electrons. The molecule has 0 spiro atoms. The lowest BCUT2D eigenvalue weighted by atomic mass is 10.1. The molecular weight excluding hydrogens is 362 g/mol. The molecule has 1 aliphatic carbocycles. The van der Waals surface area contributed by atoms with Gasteiger partial charge in [0.1, 0.15) is 4.88 Å². The highest BCUT2D eigenvalue weighted by Crippen LogP contribution is 2.29. The second kappa shape index (κ2) is 7.45. The van der Waals surface area contributed by atoms with Crippen molar-refractivity contribution >= 4 is 33.1 Å². The van der Waals surface area contributed by atoms with Crippen LogP contribution in [0.2, 0.25) is 0 Å². The van der Waals surface area contributed by atoms with E-state index >= 15 is 0 Å². The van der Waals surface area contributed by atoms with Crippen molar-refractivity contribution in [3.05, 3.63) is 21.4 Å². The number of hydrogen-bond donors (Lipinski definition) is 0. The Bertz CT molecular complexity index is 745. The van der Waals surface area contributed by atoms with Crippen LogP contribution in [0, 0.1) is 0 Å². The van der Waals surface area contributed by atoms with Crippen LogP contribution in [0.25, 0.3) is 0 Å².